The molecular formula is C18H29N2O10P. The van der Waals surface area contributed by atoms with Gasteiger partial charge >= 0.3 is 25.6 Å². The molecule has 1 N–H and O–H groups in total. The molecule has 1 rings (SSSR count). The first-order chi connectivity index (χ1) is 14.3. The first kappa shape index (κ1) is 26.6. The van der Waals surface area contributed by atoms with Crippen LogP contribution in [0.15, 0.2) is 11.5 Å². The van der Waals surface area contributed by atoms with Gasteiger partial charge in [0.05, 0.1) is 6.42 Å². The summed E-state index contributed by atoms with van der Waals surface area (Å²) < 4.78 is 36.0. The highest BCUT2D eigenvalue weighted by atomic mass is 31.2. The zero-order valence-corrected chi connectivity index (χ0v) is 19.3. The molecule has 1 heterocycles. The van der Waals surface area contributed by atoms with Gasteiger partial charge in [0.2, 0.25) is 6.10 Å². The van der Waals surface area contributed by atoms with Gasteiger partial charge in [-0.05, 0) is 35.1 Å². The molecule has 1 aliphatic heterocycles. The Morgan fingerprint density at radius 2 is 1.71 bits per heavy atom. The van der Waals surface area contributed by atoms with Crippen molar-refractivity contribution in [2.75, 3.05) is 34.8 Å². The van der Waals surface area contributed by atoms with Gasteiger partial charge in [0.25, 0.3) is 5.76 Å². The van der Waals surface area contributed by atoms with Gasteiger partial charge in [-0.3, -0.25) is 9.59 Å². The third-order valence-corrected chi connectivity index (χ3v) is 6.58. The van der Waals surface area contributed by atoms with Crippen molar-refractivity contribution >= 4 is 31.4 Å². The van der Waals surface area contributed by atoms with Gasteiger partial charge in [-0.15, -0.1) is 0 Å². The predicted octanol–water partition coefficient (Wildman–Crippen LogP) is 1.16. The minimum Gasteiger partial charge on any atom is -0.505 e. The van der Waals surface area contributed by atoms with E-state index in [1.807, 2.05) is 0 Å². The molecule has 176 valence electrons. The Kier molecular flexibility index (Phi) is 9.67. The fourth-order valence-corrected chi connectivity index (χ4v) is 3.85. The van der Waals surface area contributed by atoms with Gasteiger partial charge in [-0.1, -0.05) is 6.92 Å². The normalized spacial score (nSPS) is 17.5. The molecule has 31 heavy (non-hydrogen) atoms. The second-order valence-electron chi connectivity index (χ2n) is 7.08. The van der Waals surface area contributed by atoms with Crippen molar-refractivity contribution < 1.29 is 47.6 Å². The Bertz CT molecular complexity index is 780. The summed E-state index contributed by atoms with van der Waals surface area (Å²) in [5.74, 6) is -4.26. The monoisotopic (exact) mass is 464 g/mol. The van der Waals surface area contributed by atoms with E-state index in [1.165, 1.54) is 44.5 Å². The molecule has 0 aliphatic carbocycles. The topological polar surface area (TPSA) is 149 Å². The molecule has 12 nitrogen and oxygen atoms in total. The highest BCUT2D eigenvalue weighted by Gasteiger charge is 2.47. The summed E-state index contributed by atoms with van der Waals surface area (Å²) >= 11 is 0. The molecule has 2 unspecified atom stereocenters. The molecule has 0 radical (unpaired) electrons. The number of ether oxygens (including phenoxy) is 3. The molecular weight excluding hydrogens is 435 g/mol. The highest BCUT2D eigenvalue weighted by molar-refractivity contribution is 7.54. The molecule has 0 saturated carbocycles. The van der Waals surface area contributed by atoms with Crippen LogP contribution >= 0.6 is 7.67 Å². The van der Waals surface area contributed by atoms with Gasteiger partial charge in [0.1, 0.15) is 12.4 Å². The van der Waals surface area contributed by atoms with E-state index in [-0.39, 0.29) is 25.0 Å². The Hall–Kier alpha value is -2.43. The number of hydrogen-bond donors (Lipinski definition) is 1. The van der Waals surface area contributed by atoms with E-state index in [2.05, 4.69) is 0 Å². The lowest BCUT2D eigenvalue weighted by Crippen LogP contribution is -2.38. The number of carbonyl (C=O) groups excluding carboxylic acids is 4. The summed E-state index contributed by atoms with van der Waals surface area (Å²) in [5.41, 5.74) is 0. The maximum atomic E-state index is 13.0. The van der Waals surface area contributed by atoms with Crippen molar-refractivity contribution in [2.24, 2.45) is 0 Å². The maximum Gasteiger partial charge on any atom is 0.395 e. The number of aliphatic hydroxyl groups excluding tert-OH is 1. The lowest BCUT2D eigenvalue weighted by atomic mass is 10.1. The quantitative estimate of drug-likeness (QED) is 0.251. The number of hydrogen-bond acceptors (Lipinski definition) is 10. The molecule has 0 spiro atoms. The number of nitrogens with zero attached hydrogens (tertiary/aromatic N) is 2. The molecule has 0 fully saturated rings. The van der Waals surface area contributed by atoms with Crippen LogP contribution in [0.5, 0.6) is 0 Å². The average Bonchev–Trinajstić information content (AvgIpc) is 2.96. The third-order valence-electron chi connectivity index (χ3n) is 4.14. The summed E-state index contributed by atoms with van der Waals surface area (Å²) in [7, 11) is 2.12. The molecule has 13 heteroatoms. The molecule has 0 bridgehead atoms. The lowest BCUT2D eigenvalue weighted by molar-refractivity contribution is -0.171. The van der Waals surface area contributed by atoms with Crippen LogP contribution in [-0.4, -0.2) is 85.1 Å². The number of aliphatic hydroxyl groups is 1. The summed E-state index contributed by atoms with van der Waals surface area (Å²) in [5, 5.41) is 10.5. The average molecular weight is 464 g/mol. The first-order valence-corrected chi connectivity index (χ1v) is 11.0. The Morgan fingerprint density at radius 3 is 2.19 bits per heavy atom. The van der Waals surface area contributed by atoms with Crippen LogP contribution in [0.3, 0.4) is 0 Å². The second-order valence-corrected chi connectivity index (χ2v) is 9.85. The Labute approximate surface area is 180 Å². The fraction of sp³-hybridized carbons (Fsp3) is 0.667. The largest absolute Gasteiger partial charge is 0.505 e. The summed E-state index contributed by atoms with van der Waals surface area (Å²) in [6, 6.07) is 0. The van der Waals surface area contributed by atoms with Crippen molar-refractivity contribution in [1.29, 1.82) is 0 Å². The number of cyclic esters (lactones) is 1. The van der Waals surface area contributed by atoms with E-state index in [4.69, 9.17) is 18.7 Å². The predicted molar refractivity (Wildman–Crippen MR) is 107 cm³/mol. The van der Waals surface area contributed by atoms with Crippen LogP contribution in [0.2, 0.25) is 0 Å². The number of esters is 3. The van der Waals surface area contributed by atoms with Crippen molar-refractivity contribution in [2.45, 2.75) is 45.3 Å². The molecule has 0 saturated heterocycles. The minimum atomic E-state index is -3.71. The van der Waals surface area contributed by atoms with Gasteiger partial charge in [0.15, 0.2) is 11.9 Å². The van der Waals surface area contributed by atoms with Gasteiger partial charge in [-0.25, -0.2) is 18.7 Å². The van der Waals surface area contributed by atoms with Gasteiger partial charge in [0, 0.05) is 12.8 Å². The fourth-order valence-electron chi connectivity index (χ4n) is 2.40. The number of ketones is 1. The highest BCUT2D eigenvalue weighted by Crippen LogP contribution is 2.53. The van der Waals surface area contributed by atoms with Crippen LogP contribution in [0.4, 0.5) is 0 Å². The van der Waals surface area contributed by atoms with E-state index in [1.54, 1.807) is 6.92 Å². The first-order valence-electron chi connectivity index (χ1n) is 9.47. The Morgan fingerprint density at radius 1 is 1.13 bits per heavy atom. The van der Waals surface area contributed by atoms with Crippen LogP contribution in [0.1, 0.15) is 33.1 Å². The van der Waals surface area contributed by atoms with Crippen LogP contribution in [0, 0.1) is 0 Å². The van der Waals surface area contributed by atoms with Crippen LogP contribution in [-0.2, 0) is 42.5 Å². The molecule has 1 aliphatic rings. The van der Waals surface area contributed by atoms with Crippen molar-refractivity contribution in [3.8, 4) is 0 Å². The van der Waals surface area contributed by atoms with E-state index >= 15 is 0 Å². The molecule has 0 aromatic rings. The van der Waals surface area contributed by atoms with Gasteiger partial charge < -0.3 is 28.6 Å². The zero-order valence-electron chi connectivity index (χ0n) is 18.4. The molecule has 0 aromatic carbocycles. The van der Waals surface area contributed by atoms with Gasteiger partial charge in [-0.2, -0.15) is 0 Å². The van der Waals surface area contributed by atoms with E-state index in [9.17, 15) is 28.8 Å². The van der Waals surface area contributed by atoms with Crippen molar-refractivity contribution in [3.63, 3.8) is 0 Å². The Balaban J connectivity index is 3.15. The molecule has 2 atom stereocenters. The zero-order chi connectivity index (χ0) is 23.9. The maximum absolute atomic E-state index is 13.0. The van der Waals surface area contributed by atoms with Crippen LogP contribution < -0.4 is 0 Å². The summed E-state index contributed by atoms with van der Waals surface area (Å²) in [6.07, 6.45) is -3.24. The van der Waals surface area contributed by atoms with E-state index in [0.717, 1.165) is 0 Å². The number of rotatable bonds is 12. The molecule has 0 amide bonds. The van der Waals surface area contributed by atoms with E-state index in [0.29, 0.717) is 0 Å². The smallest absolute Gasteiger partial charge is 0.395 e. The summed E-state index contributed by atoms with van der Waals surface area (Å²) in [4.78, 5) is 47.0. The van der Waals surface area contributed by atoms with Crippen molar-refractivity contribution in [3.05, 3.63) is 11.5 Å². The summed E-state index contributed by atoms with van der Waals surface area (Å²) in [6.45, 7) is 2.33. The standard InChI is InChI=1S/C18H29N2O10P/c1-7-13(22)27-10-12(28-14(23)9-8-11(2)21)16-15(24)17(18(25)29-16)30-31(26,19(3)4)20(5)6/h12,16,24H,7-10H2,1-6H3. The van der Waals surface area contributed by atoms with Crippen molar-refractivity contribution in [1.82, 2.24) is 9.34 Å². The van der Waals surface area contributed by atoms with Crippen LogP contribution in [0.25, 0.3) is 0 Å². The third kappa shape index (κ3) is 7.05. The molecule has 0 aromatic heterocycles. The number of carbonyl (C=O) groups is 4. The van der Waals surface area contributed by atoms with E-state index < -0.39 is 55.9 Å². The lowest BCUT2D eigenvalue weighted by Gasteiger charge is -2.29. The second kappa shape index (κ2) is 11.3. The number of Topliss-reactive ketones (excluding diaryl/α,β-unsaturated/α-hetero) is 1. The SMILES string of the molecule is CCC(=O)OCC(OC(=O)CCC(C)=O)C1OC(=O)C(OP(=O)(N(C)C)N(C)C)=C1O. The minimum absolute atomic E-state index is 0.0422.